The molecule has 0 aromatic heterocycles. The fourth-order valence-corrected chi connectivity index (χ4v) is 8.47. The molecule has 4 saturated carbocycles. The molecule has 0 heterocycles. The third-order valence-corrected chi connectivity index (χ3v) is 10.2. The van der Waals surface area contributed by atoms with Crippen LogP contribution in [0.25, 0.3) is 0 Å². The van der Waals surface area contributed by atoms with Crippen LogP contribution < -0.4 is 5.23 Å². The number of nitrogens with zero attached hydrogens (tertiary/aromatic N) is 1. The van der Waals surface area contributed by atoms with E-state index in [-0.39, 0.29) is 22.9 Å². The lowest BCUT2D eigenvalue weighted by Crippen LogP contribution is -2.99. The number of hydrogen-bond donors (Lipinski definition) is 3. The molecular weight excluding hydrogens is 388 g/mol. The van der Waals surface area contributed by atoms with Crippen LogP contribution in [0.4, 0.5) is 5.69 Å². The van der Waals surface area contributed by atoms with Crippen molar-refractivity contribution in [3.8, 4) is 5.75 Å². The Labute approximate surface area is 186 Å². The van der Waals surface area contributed by atoms with E-state index in [0.29, 0.717) is 11.0 Å². The van der Waals surface area contributed by atoms with Crippen molar-refractivity contribution in [1.29, 1.82) is 0 Å². The average Bonchev–Trinajstić information content (AvgIpc) is 3.09. The Bertz CT molecular complexity index is 855. The van der Waals surface area contributed by atoms with Crippen molar-refractivity contribution >= 4 is 11.9 Å². The molecule has 4 fully saturated rings. The molecule has 5 rings (SSSR count). The summed E-state index contributed by atoms with van der Waals surface area (Å²) in [6.07, 6.45) is 15.3. The summed E-state index contributed by atoms with van der Waals surface area (Å²) in [5.41, 5.74) is 1.49. The minimum Gasteiger partial charge on any atom is -0.595 e. The van der Waals surface area contributed by atoms with Crippen molar-refractivity contribution in [2.24, 2.45) is 39.5 Å². The highest BCUT2D eigenvalue weighted by molar-refractivity contribution is 5.84. The number of benzene rings is 1. The predicted octanol–water partition coefficient (Wildman–Crippen LogP) is 5.02. The van der Waals surface area contributed by atoms with Crippen molar-refractivity contribution in [2.75, 3.05) is 0 Å². The molecule has 4 aliphatic rings. The molecule has 0 bridgehead atoms. The lowest BCUT2D eigenvalue weighted by Gasteiger charge is -2.60. The average molecular weight is 427 g/mol. The molecule has 5 nitrogen and oxygen atoms in total. The topological polar surface area (TPSA) is 80.3 Å². The number of quaternary nitrogens is 1. The molecule has 0 aliphatic heterocycles. The van der Waals surface area contributed by atoms with Crippen molar-refractivity contribution in [1.82, 2.24) is 0 Å². The summed E-state index contributed by atoms with van der Waals surface area (Å²) in [5.74, 6) is 3.55. The number of hydrogen-bond acceptors (Lipinski definition) is 4. The molecule has 0 spiro atoms. The van der Waals surface area contributed by atoms with E-state index < -0.39 is 5.23 Å². The van der Waals surface area contributed by atoms with Crippen LogP contribution in [0.3, 0.4) is 0 Å². The largest absolute Gasteiger partial charge is 0.595 e. The van der Waals surface area contributed by atoms with E-state index in [1.807, 2.05) is 0 Å². The number of nitrogens with one attached hydrogen (secondary N) is 1. The van der Waals surface area contributed by atoms with Gasteiger partial charge in [0.1, 0.15) is 5.75 Å². The molecule has 5 heteroatoms. The lowest BCUT2D eigenvalue weighted by molar-refractivity contribution is -0.991. The summed E-state index contributed by atoms with van der Waals surface area (Å²) in [7, 11) is 0. The van der Waals surface area contributed by atoms with Gasteiger partial charge >= 0.3 is 0 Å². The molecule has 1 aromatic rings. The number of fused-ring (bicyclic) bond motifs is 5. The third kappa shape index (κ3) is 3.44. The van der Waals surface area contributed by atoms with Crippen LogP contribution in [-0.2, 0) is 0 Å². The first kappa shape index (κ1) is 21.4. The number of phenolic OH excluding ortho intramolecular Hbond substituents is 1. The summed E-state index contributed by atoms with van der Waals surface area (Å²) in [6.45, 7) is 5.09. The first-order chi connectivity index (χ1) is 14.8. The molecule has 170 valence electrons. The molecule has 1 unspecified atom stereocenters. The van der Waals surface area contributed by atoms with Crippen molar-refractivity contribution in [2.45, 2.75) is 84.1 Å². The van der Waals surface area contributed by atoms with Crippen LogP contribution in [-0.4, -0.2) is 22.6 Å². The van der Waals surface area contributed by atoms with Gasteiger partial charge in [-0.2, -0.15) is 5.23 Å². The van der Waals surface area contributed by atoms with Gasteiger partial charge in [-0.15, -0.1) is 0 Å². The van der Waals surface area contributed by atoms with Gasteiger partial charge in [0.05, 0.1) is 6.04 Å². The Morgan fingerprint density at radius 1 is 1.00 bits per heavy atom. The Morgan fingerprint density at radius 3 is 2.61 bits per heavy atom. The SMILES string of the molecule is C[C@]12CCCC[C@H]1CC[C@H]1[C@@H]2CC[C@@]2(C)[C@@H](N=Cc3cc([NH+]([O-])O)ccc3O)CC[C@@H]12. The van der Waals surface area contributed by atoms with Crippen LogP contribution in [0, 0.1) is 39.7 Å². The summed E-state index contributed by atoms with van der Waals surface area (Å²) >= 11 is 0. The van der Waals surface area contributed by atoms with E-state index in [1.165, 1.54) is 76.0 Å². The zero-order chi connectivity index (χ0) is 21.8. The van der Waals surface area contributed by atoms with E-state index in [9.17, 15) is 15.5 Å². The maximum atomic E-state index is 11.3. The highest BCUT2D eigenvalue weighted by atomic mass is 16.8. The fraction of sp³-hybridized carbons (Fsp3) is 0.731. The molecule has 1 aromatic carbocycles. The van der Waals surface area contributed by atoms with E-state index in [2.05, 4.69) is 13.8 Å². The third-order valence-electron chi connectivity index (χ3n) is 10.2. The monoisotopic (exact) mass is 426 g/mol. The highest BCUT2D eigenvalue weighted by Crippen LogP contribution is 2.66. The summed E-state index contributed by atoms with van der Waals surface area (Å²) in [4.78, 5) is 4.97. The first-order valence-electron chi connectivity index (χ1n) is 12.4. The summed E-state index contributed by atoms with van der Waals surface area (Å²) < 4.78 is 0. The zero-order valence-corrected chi connectivity index (χ0v) is 19.0. The fourth-order valence-electron chi connectivity index (χ4n) is 8.47. The molecular formula is C26H38N2O3. The second-order valence-electron chi connectivity index (χ2n) is 11.4. The van der Waals surface area contributed by atoms with Gasteiger partial charge in [0.15, 0.2) is 5.69 Å². The van der Waals surface area contributed by atoms with Crippen LogP contribution in [0.15, 0.2) is 23.2 Å². The van der Waals surface area contributed by atoms with Gasteiger partial charge in [-0.05, 0) is 91.9 Å². The highest BCUT2D eigenvalue weighted by Gasteiger charge is 2.59. The van der Waals surface area contributed by atoms with E-state index >= 15 is 0 Å². The van der Waals surface area contributed by atoms with Gasteiger partial charge in [0.2, 0.25) is 0 Å². The van der Waals surface area contributed by atoms with Gasteiger partial charge in [-0.3, -0.25) is 4.99 Å². The Hall–Kier alpha value is -1.43. The minimum absolute atomic E-state index is 0.0979. The van der Waals surface area contributed by atoms with Gasteiger partial charge in [0, 0.05) is 23.9 Å². The first-order valence-corrected chi connectivity index (χ1v) is 12.4. The Morgan fingerprint density at radius 2 is 1.81 bits per heavy atom. The maximum Gasteiger partial charge on any atom is 0.164 e. The minimum atomic E-state index is -0.979. The maximum absolute atomic E-state index is 11.3. The standard InChI is InChI=1S/C26H38N2O3/c1-25-13-4-3-5-18(25)6-8-20-21-9-11-24(26(21,2)14-12-22(20)25)27-16-17-15-19(28(30)31)7-10-23(17)29/h7,10,15-16,18,20-22,24,28-30H,3-6,8-9,11-14H2,1-2H3/t18-,20+,21-,22-,24-,25-,26+/m0/s1. The van der Waals surface area contributed by atoms with Crippen LogP contribution in [0.5, 0.6) is 5.75 Å². The van der Waals surface area contributed by atoms with Crippen LogP contribution in [0.1, 0.15) is 83.6 Å². The quantitative estimate of drug-likeness (QED) is 0.361. The second kappa shape index (κ2) is 7.86. The predicted molar refractivity (Wildman–Crippen MR) is 122 cm³/mol. The smallest absolute Gasteiger partial charge is 0.164 e. The molecule has 3 N–H and O–H groups in total. The van der Waals surface area contributed by atoms with Crippen molar-refractivity contribution in [3.63, 3.8) is 0 Å². The molecule has 8 atom stereocenters. The Balaban J connectivity index is 1.36. The van der Waals surface area contributed by atoms with E-state index in [4.69, 9.17) is 4.99 Å². The van der Waals surface area contributed by atoms with Gasteiger partial charge in [-0.1, -0.05) is 26.7 Å². The summed E-state index contributed by atoms with van der Waals surface area (Å²) in [5, 5.41) is 29.8. The van der Waals surface area contributed by atoms with Crippen molar-refractivity contribution in [3.05, 3.63) is 29.0 Å². The normalized spacial score (nSPS) is 43.3. The van der Waals surface area contributed by atoms with Gasteiger partial charge < -0.3 is 10.3 Å². The zero-order valence-electron chi connectivity index (χ0n) is 19.0. The van der Waals surface area contributed by atoms with Crippen LogP contribution >= 0.6 is 0 Å². The van der Waals surface area contributed by atoms with Crippen LogP contribution in [0.2, 0.25) is 0 Å². The number of aromatic hydroxyl groups is 1. The molecule has 0 amide bonds. The van der Waals surface area contributed by atoms with Gasteiger partial charge in [-0.25, -0.2) is 5.21 Å². The molecule has 4 aliphatic carbocycles. The molecule has 0 radical (unpaired) electrons. The number of phenols is 1. The van der Waals surface area contributed by atoms with E-state index in [0.717, 1.165) is 30.1 Å². The number of aliphatic imine (C=N–C) groups is 1. The summed E-state index contributed by atoms with van der Waals surface area (Å²) in [6, 6.07) is 4.69. The molecule has 0 saturated heterocycles. The number of rotatable bonds is 3. The molecule has 31 heavy (non-hydrogen) atoms. The second-order valence-corrected chi connectivity index (χ2v) is 11.4. The van der Waals surface area contributed by atoms with Crippen molar-refractivity contribution < 1.29 is 15.5 Å². The lowest BCUT2D eigenvalue weighted by atomic mass is 9.45. The van der Waals surface area contributed by atoms with E-state index in [1.54, 1.807) is 6.21 Å². The Kier molecular flexibility index (Phi) is 5.43. The van der Waals surface area contributed by atoms with Gasteiger partial charge in [0.25, 0.3) is 0 Å².